The van der Waals surface area contributed by atoms with Crippen LogP contribution in [0.4, 0.5) is 5.95 Å². The fourth-order valence-electron chi connectivity index (χ4n) is 2.06. The third kappa shape index (κ3) is 2.05. The van der Waals surface area contributed by atoms with E-state index in [1.165, 1.54) is 11.8 Å². The molecule has 0 saturated heterocycles. The topological polar surface area (TPSA) is 106 Å². The molecule has 0 bridgehead atoms. The number of hydrogen-bond donors (Lipinski definition) is 2. The molecule has 0 fully saturated rings. The van der Waals surface area contributed by atoms with Crippen LogP contribution in [0.3, 0.4) is 0 Å². The van der Waals surface area contributed by atoms with Gasteiger partial charge in [0, 0.05) is 5.39 Å². The molecule has 0 aliphatic heterocycles. The minimum atomic E-state index is 0.201. The van der Waals surface area contributed by atoms with E-state index >= 15 is 0 Å². The summed E-state index contributed by atoms with van der Waals surface area (Å²) in [6.45, 7) is 0. The highest BCUT2D eigenvalue weighted by atomic mass is 32.2. The molecule has 0 amide bonds. The third-order valence-electron chi connectivity index (χ3n) is 2.99. The van der Waals surface area contributed by atoms with Crippen molar-refractivity contribution in [1.82, 2.24) is 30.1 Å². The minimum Gasteiger partial charge on any atom is -0.368 e. The van der Waals surface area contributed by atoms with Crippen LogP contribution in [0.15, 0.2) is 46.8 Å². The molecule has 3 heterocycles. The Morgan fingerprint density at radius 2 is 1.90 bits per heavy atom. The van der Waals surface area contributed by atoms with Gasteiger partial charge >= 0.3 is 0 Å². The number of nitrogens with one attached hydrogen (secondary N) is 1. The Kier molecular flexibility index (Phi) is 2.68. The Morgan fingerprint density at radius 3 is 2.86 bits per heavy atom. The van der Waals surface area contributed by atoms with Crippen LogP contribution in [0.1, 0.15) is 0 Å². The first kappa shape index (κ1) is 12.0. The Bertz CT molecular complexity index is 944. The zero-order valence-corrected chi connectivity index (χ0v) is 11.5. The number of nitrogens with two attached hydrogens (primary N) is 1. The molecule has 21 heavy (non-hydrogen) atoms. The number of aromatic amines is 1. The Balaban J connectivity index is 1.89. The lowest BCUT2D eigenvalue weighted by Crippen LogP contribution is -1.97. The first-order valence-electron chi connectivity index (χ1n) is 6.15. The zero-order valence-electron chi connectivity index (χ0n) is 10.7. The maximum Gasteiger partial charge on any atom is 0.223 e. The van der Waals surface area contributed by atoms with Gasteiger partial charge in [0.1, 0.15) is 16.4 Å². The first-order valence-corrected chi connectivity index (χ1v) is 6.97. The number of H-pyrrole nitrogens is 1. The fraction of sp³-hybridized carbons (Fsp3) is 0. The normalized spacial score (nSPS) is 11.2. The quantitative estimate of drug-likeness (QED) is 0.545. The van der Waals surface area contributed by atoms with Gasteiger partial charge in [-0.2, -0.15) is 10.1 Å². The number of para-hydroxylation sites is 1. The second-order valence-corrected chi connectivity index (χ2v) is 5.29. The third-order valence-corrected chi connectivity index (χ3v) is 4.01. The van der Waals surface area contributed by atoms with Crippen molar-refractivity contribution in [3.63, 3.8) is 0 Å². The predicted molar refractivity (Wildman–Crippen MR) is 79.8 cm³/mol. The van der Waals surface area contributed by atoms with Crippen molar-refractivity contribution in [2.45, 2.75) is 10.1 Å². The minimum absolute atomic E-state index is 0.201. The molecule has 7 nitrogen and oxygen atoms in total. The van der Waals surface area contributed by atoms with Gasteiger partial charge in [0.05, 0.1) is 17.1 Å². The highest BCUT2D eigenvalue weighted by Gasteiger charge is 2.12. The van der Waals surface area contributed by atoms with Gasteiger partial charge in [0.15, 0.2) is 5.65 Å². The number of nitrogens with zero attached hydrogens (tertiary/aromatic N) is 5. The number of nitrogen functional groups attached to an aromatic ring is 1. The van der Waals surface area contributed by atoms with Crippen molar-refractivity contribution in [1.29, 1.82) is 0 Å². The van der Waals surface area contributed by atoms with Crippen LogP contribution in [0.25, 0.3) is 21.9 Å². The van der Waals surface area contributed by atoms with Crippen LogP contribution in [0.2, 0.25) is 0 Å². The van der Waals surface area contributed by atoms with E-state index in [0.717, 1.165) is 26.3 Å². The molecule has 8 heteroatoms. The van der Waals surface area contributed by atoms with E-state index in [9.17, 15) is 0 Å². The lowest BCUT2D eigenvalue weighted by molar-refractivity contribution is 1.07. The first-order chi connectivity index (χ1) is 10.3. The fourth-order valence-corrected chi connectivity index (χ4v) is 3.02. The molecular weight excluding hydrogens is 286 g/mol. The zero-order chi connectivity index (χ0) is 14.2. The molecule has 0 spiro atoms. The van der Waals surface area contributed by atoms with Gasteiger partial charge in [-0.05, 0) is 17.8 Å². The average Bonchev–Trinajstić information content (AvgIpc) is 2.96. The van der Waals surface area contributed by atoms with E-state index < -0.39 is 0 Å². The van der Waals surface area contributed by atoms with E-state index in [1.54, 1.807) is 12.5 Å². The van der Waals surface area contributed by atoms with Crippen molar-refractivity contribution >= 4 is 39.6 Å². The Morgan fingerprint density at radius 1 is 1.00 bits per heavy atom. The lowest BCUT2D eigenvalue weighted by atomic mass is 10.2. The van der Waals surface area contributed by atoms with Crippen molar-refractivity contribution in [3.8, 4) is 0 Å². The van der Waals surface area contributed by atoms with E-state index in [4.69, 9.17) is 5.73 Å². The number of hydrogen-bond acceptors (Lipinski definition) is 7. The molecule has 4 aromatic rings. The summed E-state index contributed by atoms with van der Waals surface area (Å²) in [5.41, 5.74) is 7.24. The van der Waals surface area contributed by atoms with Gasteiger partial charge in [-0.25, -0.2) is 15.0 Å². The number of aromatic nitrogens is 6. The van der Waals surface area contributed by atoms with Crippen molar-refractivity contribution in [2.24, 2.45) is 0 Å². The second-order valence-electron chi connectivity index (χ2n) is 4.32. The van der Waals surface area contributed by atoms with E-state index in [1.807, 2.05) is 24.3 Å². The van der Waals surface area contributed by atoms with Crippen LogP contribution < -0.4 is 5.73 Å². The molecule has 3 aromatic heterocycles. The van der Waals surface area contributed by atoms with Gasteiger partial charge in [0.25, 0.3) is 0 Å². The second kappa shape index (κ2) is 4.67. The summed E-state index contributed by atoms with van der Waals surface area (Å²) in [6, 6.07) is 7.83. The van der Waals surface area contributed by atoms with Crippen molar-refractivity contribution in [2.75, 3.05) is 5.73 Å². The van der Waals surface area contributed by atoms with Crippen molar-refractivity contribution in [3.05, 3.63) is 36.8 Å². The molecule has 1 aromatic carbocycles. The standard InChI is InChI=1S/C13H9N7S/c14-13-18-10-8(5-17-20-10)12(19-13)21-11-7-3-1-2-4-9(7)15-6-16-11/h1-6H,(H3,14,17,18,19,20). The highest BCUT2D eigenvalue weighted by molar-refractivity contribution is 7.99. The molecule has 0 unspecified atom stereocenters. The van der Waals surface area contributed by atoms with Gasteiger partial charge in [-0.15, -0.1) is 0 Å². The summed E-state index contributed by atoms with van der Waals surface area (Å²) in [7, 11) is 0. The van der Waals surface area contributed by atoms with E-state index in [0.29, 0.717) is 5.65 Å². The SMILES string of the molecule is Nc1nc(Sc2ncnc3ccccc23)c2cn[nH]c2n1. The average molecular weight is 295 g/mol. The van der Waals surface area contributed by atoms with Crippen molar-refractivity contribution < 1.29 is 0 Å². The number of benzene rings is 1. The molecule has 0 atom stereocenters. The van der Waals surface area contributed by atoms with Crippen LogP contribution in [0, 0.1) is 0 Å². The maximum atomic E-state index is 5.73. The molecule has 3 N–H and O–H groups in total. The van der Waals surface area contributed by atoms with E-state index in [2.05, 4.69) is 30.1 Å². The van der Waals surface area contributed by atoms with Gasteiger partial charge < -0.3 is 5.73 Å². The summed E-state index contributed by atoms with van der Waals surface area (Å²) >= 11 is 1.42. The molecular formula is C13H9N7S. The summed E-state index contributed by atoms with van der Waals surface area (Å²) in [5, 5.41) is 10.1. The summed E-state index contributed by atoms with van der Waals surface area (Å²) in [6.07, 6.45) is 3.22. The molecule has 0 saturated carbocycles. The summed E-state index contributed by atoms with van der Waals surface area (Å²) < 4.78 is 0. The van der Waals surface area contributed by atoms with Gasteiger partial charge in [-0.1, -0.05) is 18.2 Å². The lowest BCUT2D eigenvalue weighted by Gasteiger charge is -2.05. The maximum absolute atomic E-state index is 5.73. The highest BCUT2D eigenvalue weighted by Crippen LogP contribution is 2.33. The smallest absolute Gasteiger partial charge is 0.223 e. The number of rotatable bonds is 2. The van der Waals surface area contributed by atoms with Gasteiger partial charge in [0.2, 0.25) is 5.95 Å². The Hall–Kier alpha value is -2.74. The molecule has 0 aliphatic rings. The van der Waals surface area contributed by atoms with Crippen LogP contribution in [-0.4, -0.2) is 30.1 Å². The van der Waals surface area contributed by atoms with Crippen LogP contribution in [0.5, 0.6) is 0 Å². The molecule has 102 valence electrons. The van der Waals surface area contributed by atoms with E-state index in [-0.39, 0.29) is 5.95 Å². The summed E-state index contributed by atoms with van der Waals surface area (Å²) in [4.78, 5) is 17.0. The molecule has 4 rings (SSSR count). The Labute approximate surface area is 123 Å². The predicted octanol–water partition coefficient (Wildman–Crippen LogP) is 2.03. The molecule has 0 aliphatic carbocycles. The number of anilines is 1. The van der Waals surface area contributed by atoms with Crippen LogP contribution in [-0.2, 0) is 0 Å². The van der Waals surface area contributed by atoms with Gasteiger partial charge in [-0.3, -0.25) is 5.10 Å². The largest absolute Gasteiger partial charge is 0.368 e. The summed E-state index contributed by atoms with van der Waals surface area (Å²) in [5.74, 6) is 0.201. The number of fused-ring (bicyclic) bond motifs is 2. The van der Waals surface area contributed by atoms with Crippen LogP contribution >= 0.6 is 11.8 Å². The monoisotopic (exact) mass is 295 g/mol. The molecule has 0 radical (unpaired) electrons.